The fourth-order valence-corrected chi connectivity index (χ4v) is 2.25. The van der Waals surface area contributed by atoms with Gasteiger partial charge in [0.15, 0.2) is 0 Å². The number of hydrogen-bond acceptors (Lipinski definition) is 3. The summed E-state index contributed by atoms with van der Waals surface area (Å²) in [6.07, 6.45) is 6.97. The van der Waals surface area contributed by atoms with Crippen LogP contribution in [-0.4, -0.2) is 38.5 Å². The fraction of sp³-hybridized carbons (Fsp3) is 1.00. The molecule has 3 heteroatoms. The summed E-state index contributed by atoms with van der Waals surface area (Å²) in [5, 5.41) is 3.48. The molecule has 2 rings (SSSR count). The predicted octanol–water partition coefficient (Wildman–Crippen LogP) is 1.96. The van der Waals surface area contributed by atoms with Crippen molar-refractivity contribution in [1.82, 2.24) is 5.32 Å². The molecule has 1 aliphatic carbocycles. The molecule has 1 aliphatic heterocycles. The Morgan fingerprint density at radius 2 is 2.19 bits per heavy atom. The van der Waals surface area contributed by atoms with Crippen LogP contribution in [0.3, 0.4) is 0 Å². The maximum Gasteiger partial charge on any atom is 0.0726 e. The molecule has 1 N–H and O–H groups in total. The molecule has 0 radical (unpaired) electrons. The van der Waals surface area contributed by atoms with Crippen LogP contribution < -0.4 is 5.32 Å². The first-order valence-electron chi connectivity index (χ1n) is 6.79. The SMILES string of the molecule is CC(NCCOCCC1CC1)C1CCCO1. The molecule has 16 heavy (non-hydrogen) atoms. The van der Waals surface area contributed by atoms with Gasteiger partial charge in [0.1, 0.15) is 0 Å². The smallest absolute Gasteiger partial charge is 0.0726 e. The Morgan fingerprint density at radius 3 is 2.88 bits per heavy atom. The summed E-state index contributed by atoms with van der Waals surface area (Å²) in [7, 11) is 0. The maximum atomic E-state index is 5.63. The maximum absolute atomic E-state index is 5.63. The normalized spacial score (nSPS) is 27.2. The number of rotatable bonds is 8. The molecule has 3 nitrogen and oxygen atoms in total. The van der Waals surface area contributed by atoms with Crippen LogP contribution in [0.2, 0.25) is 0 Å². The summed E-state index contributed by atoms with van der Waals surface area (Å²) in [6.45, 7) is 5.88. The molecule has 1 heterocycles. The molecule has 1 saturated carbocycles. The Kier molecular flexibility index (Phi) is 5.07. The van der Waals surface area contributed by atoms with Gasteiger partial charge >= 0.3 is 0 Å². The molecule has 1 saturated heterocycles. The molecule has 0 spiro atoms. The summed E-state index contributed by atoms with van der Waals surface area (Å²) < 4.78 is 11.2. The van der Waals surface area contributed by atoms with Crippen LogP contribution in [0, 0.1) is 5.92 Å². The summed E-state index contributed by atoms with van der Waals surface area (Å²) in [6, 6.07) is 0.467. The van der Waals surface area contributed by atoms with Gasteiger partial charge in [-0.15, -0.1) is 0 Å². The van der Waals surface area contributed by atoms with Crippen molar-refractivity contribution in [3.63, 3.8) is 0 Å². The third-order valence-corrected chi connectivity index (χ3v) is 3.60. The van der Waals surface area contributed by atoms with Gasteiger partial charge in [0.2, 0.25) is 0 Å². The van der Waals surface area contributed by atoms with Crippen LogP contribution in [0.5, 0.6) is 0 Å². The standard InChI is InChI=1S/C13H25NO2/c1-11(13-3-2-8-16-13)14-7-10-15-9-6-12-4-5-12/h11-14H,2-10H2,1H3. The minimum Gasteiger partial charge on any atom is -0.380 e. The van der Waals surface area contributed by atoms with E-state index in [-0.39, 0.29) is 0 Å². The van der Waals surface area contributed by atoms with Crippen LogP contribution in [0.4, 0.5) is 0 Å². The summed E-state index contributed by atoms with van der Waals surface area (Å²) >= 11 is 0. The molecule has 0 amide bonds. The molecule has 0 aromatic rings. The fourth-order valence-electron chi connectivity index (χ4n) is 2.25. The summed E-state index contributed by atoms with van der Waals surface area (Å²) in [4.78, 5) is 0. The van der Waals surface area contributed by atoms with E-state index in [4.69, 9.17) is 9.47 Å². The Bertz CT molecular complexity index is 188. The highest BCUT2D eigenvalue weighted by atomic mass is 16.5. The molecule has 0 bridgehead atoms. The zero-order chi connectivity index (χ0) is 11.2. The molecule has 0 aromatic carbocycles. The van der Waals surface area contributed by atoms with E-state index in [0.717, 1.165) is 32.3 Å². The first-order valence-corrected chi connectivity index (χ1v) is 6.79. The van der Waals surface area contributed by atoms with Crippen LogP contribution in [0.1, 0.15) is 39.0 Å². The van der Waals surface area contributed by atoms with E-state index < -0.39 is 0 Å². The lowest BCUT2D eigenvalue weighted by Crippen LogP contribution is -2.38. The highest BCUT2D eigenvalue weighted by molar-refractivity contribution is 4.76. The second-order valence-corrected chi connectivity index (χ2v) is 5.14. The van der Waals surface area contributed by atoms with Crippen molar-refractivity contribution in [2.75, 3.05) is 26.4 Å². The first kappa shape index (κ1) is 12.3. The minimum absolute atomic E-state index is 0.423. The largest absolute Gasteiger partial charge is 0.380 e. The molecular formula is C13H25NO2. The lowest BCUT2D eigenvalue weighted by molar-refractivity contribution is 0.0764. The van der Waals surface area contributed by atoms with Crippen LogP contribution in [-0.2, 0) is 9.47 Å². The third-order valence-electron chi connectivity index (χ3n) is 3.60. The average Bonchev–Trinajstić information content (AvgIpc) is 2.95. The zero-order valence-corrected chi connectivity index (χ0v) is 10.4. The van der Waals surface area contributed by atoms with Gasteiger partial charge in [-0.3, -0.25) is 0 Å². The number of hydrogen-bond donors (Lipinski definition) is 1. The van der Waals surface area contributed by atoms with Crippen LogP contribution in [0.25, 0.3) is 0 Å². The second kappa shape index (κ2) is 6.58. The van der Waals surface area contributed by atoms with Crippen molar-refractivity contribution in [3.8, 4) is 0 Å². The second-order valence-electron chi connectivity index (χ2n) is 5.14. The Balaban J connectivity index is 1.40. The van der Waals surface area contributed by atoms with E-state index in [1.54, 1.807) is 0 Å². The van der Waals surface area contributed by atoms with Gasteiger partial charge in [-0.2, -0.15) is 0 Å². The van der Waals surface area contributed by atoms with Gasteiger partial charge < -0.3 is 14.8 Å². The molecule has 2 atom stereocenters. The van der Waals surface area contributed by atoms with Gasteiger partial charge in [0, 0.05) is 25.8 Å². The van der Waals surface area contributed by atoms with E-state index in [1.165, 1.54) is 32.1 Å². The van der Waals surface area contributed by atoms with Crippen molar-refractivity contribution in [2.24, 2.45) is 5.92 Å². The van der Waals surface area contributed by atoms with Crippen LogP contribution in [0.15, 0.2) is 0 Å². The van der Waals surface area contributed by atoms with Gasteiger partial charge in [-0.05, 0) is 32.1 Å². The van der Waals surface area contributed by atoms with E-state index >= 15 is 0 Å². The first-order chi connectivity index (χ1) is 7.86. The summed E-state index contributed by atoms with van der Waals surface area (Å²) in [5.74, 6) is 0.985. The summed E-state index contributed by atoms with van der Waals surface area (Å²) in [5.41, 5.74) is 0. The molecule has 2 aliphatic rings. The molecule has 2 fully saturated rings. The molecule has 0 aromatic heterocycles. The quantitative estimate of drug-likeness (QED) is 0.643. The lowest BCUT2D eigenvalue weighted by Gasteiger charge is -2.19. The highest BCUT2D eigenvalue weighted by Gasteiger charge is 2.22. The van der Waals surface area contributed by atoms with Crippen molar-refractivity contribution in [2.45, 2.75) is 51.2 Å². The molecule has 94 valence electrons. The van der Waals surface area contributed by atoms with Gasteiger partial charge in [0.25, 0.3) is 0 Å². The monoisotopic (exact) mass is 227 g/mol. The van der Waals surface area contributed by atoms with Crippen molar-refractivity contribution < 1.29 is 9.47 Å². The van der Waals surface area contributed by atoms with E-state index in [1.807, 2.05) is 0 Å². The van der Waals surface area contributed by atoms with E-state index in [2.05, 4.69) is 12.2 Å². The van der Waals surface area contributed by atoms with E-state index in [0.29, 0.717) is 12.1 Å². The Labute approximate surface area is 98.9 Å². The predicted molar refractivity (Wildman–Crippen MR) is 64.6 cm³/mol. The van der Waals surface area contributed by atoms with Gasteiger partial charge in [0.05, 0.1) is 12.7 Å². The van der Waals surface area contributed by atoms with Crippen molar-refractivity contribution >= 4 is 0 Å². The highest BCUT2D eigenvalue weighted by Crippen LogP contribution is 2.31. The Hall–Kier alpha value is -0.120. The number of nitrogens with one attached hydrogen (secondary N) is 1. The zero-order valence-electron chi connectivity index (χ0n) is 10.4. The minimum atomic E-state index is 0.423. The van der Waals surface area contributed by atoms with Crippen molar-refractivity contribution in [3.05, 3.63) is 0 Å². The topological polar surface area (TPSA) is 30.5 Å². The van der Waals surface area contributed by atoms with Gasteiger partial charge in [-0.1, -0.05) is 12.8 Å². The van der Waals surface area contributed by atoms with Crippen molar-refractivity contribution in [1.29, 1.82) is 0 Å². The molecular weight excluding hydrogens is 202 g/mol. The third kappa shape index (κ3) is 4.40. The van der Waals surface area contributed by atoms with Crippen LogP contribution >= 0.6 is 0 Å². The van der Waals surface area contributed by atoms with E-state index in [9.17, 15) is 0 Å². The number of ether oxygens (including phenoxy) is 2. The Morgan fingerprint density at radius 1 is 1.31 bits per heavy atom. The lowest BCUT2D eigenvalue weighted by atomic mass is 10.1. The van der Waals surface area contributed by atoms with Gasteiger partial charge in [-0.25, -0.2) is 0 Å². The average molecular weight is 227 g/mol. The molecule has 2 unspecified atom stereocenters.